The number of carbonyl (C=O) groups is 1. The zero-order valence-corrected chi connectivity index (χ0v) is 15.2. The molecule has 0 saturated heterocycles. The summed E-state index contributed by atoms with van der Waals surface area (Å²) in [5, 5.41) is 7.68. The Morgan fingerprint density at radius 3 is 2.11 bits per heavy atom. The van der Waals surface area contributed by atoms with Crippen molar-refractivity contribution < 1.29 is 9.53 Å². The predicted octanol–water partition coefficient (Wildman–Crippen LogP) is 3.49. The lowest BCUT2D eigenvalue weighted by atomic mass is 10.0. The van der Waals surface area contributed by atoms with Crippen molar-refractivity contribution in [3.05, 3.63) is 95.8 Å². The molecule has 1 atom stereocenters. The van der Waals surface area contributed by atoms with Crippen molar-refractivity contribution in [3.8, 4) is 0 Å². The van der Waals surface area contributed by atoms with Crippen LogP contribution in [0.15, 0.2) is 84.1 Å². The van der Waals surface area contributed by atoms with Crippen molar-refractivity contribution in [3.63, 3.8) is 0 Å². The highest BCUT2D eigenvalue weighted by Crippen LogP contribution is 2.15. The van der Waals surface area contributed by atoms with Crippen LogP contribution in [0.3, 0.4) is 0 Å². The number of rotatable bonds is 7. The lowest BCUT2D eigenvalue weighted by Gasteiger charge is -2.15. The maximum absolute atomic E-state index is 12.6. The third-order valence-corrected chi connectivity index (χ3v) is 4.01. The van der Waals surface area contributed by atoms with Crippen molar-refractivity contribution in [2.24, 2.45) is 4.99 Å². The van der Waals surface area contributed by atoms with Gasteiger partial charge < -0.3 is 4.74 Å². The van der Waals surface area contributed by atoms with Gasteiger partial charge >= 0.3 is 5.97 Å². The second-order valence-corrected chi connectivity index (χ2v) is 5.93. The molecule has 1 aromatic heterocycles. The van der Waals surface area contributed by atoms with Crippen LogP contribution in [0.5, 0.6) is 0 Å². The smallest absolute Gasteiger partial charge is 0.331 e. The van der Waals surface area contributed by atoms with Gasteiger partial charge in [0, 0.05) is 23.7 Å². The molecule has 0 fully saturated rings. The van der Waals surface area contributed by atoms with Gasteiger partial charge in [-0.25, -0.2) is 4.79 Å². The van der Waals surface area contributed by atoms with Gasteiger partial charge in [0.15, 0.2) is 6.04 Å². The van der Waals surface area contributed by atoms with Crippen LogP contribution >= 0.6 is 0 Å². The van der Waals surface area contributed by atoms with Crippen molar-refractivity contribution in [2.45, 2.75) is 19.4 Å². The van der Waals surface area contributed by atoms with E-state index in [0.717, 1.165) is 22.4 Å². The SMILES string of the molecule is CCOC(=O)C(Cc1ccnnc1)N=C(c1ccccc1)c1ccccc1. The van der Waals surface area contributed by atoms with E-state index < -0.39 is 6.04 Å². The Morgan fingerprint density at radius 1 is 0.963 bits per heavy atom. The summed E-state index contributed by atoms with van der Waals surface area (Å²) >= 11 is 0. The number of hydrogen-bond donors (Lipinski definition) is 0. The van der Waals surface area contributed by atoms with Gasteiger partial charge in [-0.05, 0) is 18.6 Å². The van der Waals surface area contributed by atoms with E-state index >= 15 is 0 Å². The Bertz CT molecular complexity index is 840. The first-order valence-electron chi connectivity index (χ1n) is 8.88. The van der Waals surface area contributed by atoms with Gasteiger partial charge in [0.05, 0.1) is 18.5 Å². The fourth-order valence-corrected chi connectivity index (χ4v) is 2.75. The van der Waals surface area contributed by atoms with Crippen LogP contribution in [0.25, 0.3) is 0 Å². The normalized spacial score (nSPS) is 11.4. The molecule has 2 aromatic carbocycles. The van der Waals surface area contributed by atoms with Gasteiger partial charge in [0.2, 0.25) is 0 Å². The summed E-state index contributed by atoms with van der Waals surface area (Å²) < 4.78 is 5.27. The summed E-state index contributed by atoms with van der Waals surface area (Å²) in [6, 6.07) is 20.9. The van der Waals surface area contributed by atoms with Crippen LogP contribution in [0.1, 0.15) is 23.6 Å². The van der Waals surface area contributed by atoms with Gasteiger partial charge in [0.25, 0.3) is 0 Å². The van der Waals surface area contributed by atoms with E-state index in [1.54, 1.807) is 19.3 Å². The second-order valence-electron chi connectivity index (χ2n) is 5.93. The average molecular weight is 359 g/mol. The van der Waals surface area contributed by atoms with Gasteiger partial charge in [-0.3, -0.25) is 4.99 Å². The first-order chi connectivity index (χ1) is 13.3. The molecule has 0 aliphatic rings. The van der Waals surface area contributed by atoms with E-state index in [2.05, 4.69) is 10.2 Å². The highest BCUT2D eigenvalue weighted by Gasteiger charge is 2.21. The fourth-order valence-electron chi connectivity index (χ4n) is 2.75. The standard InChI is InChI=1S/C22H21N3O2/c1-2-27-22(26)20(15-17-13-14-23-24-16-17)25-21(18-9-5-3-6-10-18)19-11-7-4-8-12-19/h3-14,16,20H,2,15H2,1H3. The second kappa shape index (κ2) is 9.38. The Morgan fingerprint density at radius 2 is 1.59 bits per heavy atom. The molecule has 0 radical (unpaired) electrons. The lowest BCUT2D eigenvalue weighted by molar-refractivity contribution is -0.144. The molecule has 3 rings (SSSR count). The summed E-state index contributed by atoms with van der Waals surface area (Å²) in [6.07, 6.45) is 3.65. The molecule has 0 aliphatic carbocycles. The summed E-state index contributed by atoms with van der Waals surface area (Å²) in [4.78, 5) is 17.4. The van der Waals surface area contributed by atoms with Crippen molar-refractivity contribution in [1.82, 2.24) is 10.2 Å². The molecule has 1 heterocycles. The minimum atomic E-state index is -0.662. The van der Waals surface area contributed by atoms with Crippen molar-refractivity contribution in [1.29, 1.82) is 0 Å². The van der Waals surface area contributed by atoms with E-state index in [-0.39, 0.29) is 5.97 Å². The Hall–Kier alpha value is -3.34. The van der Waals surface area contributed by atoms with Crippen LogP contribution in [-0.2, 0) is 16.0 Å². The molecule has 0 spiro atoms. The molecule has 0 bridgehead atoms. The number of benzene rings is 2. The summed E-state index contributed by atoms with van der Waals surface area (Å²) in [5.74, 6) is -0.348. The number of esters is 1. The number of aromatic nitrogens is 2. The average Bonchev–Trinajstić information content (AvgIpc) is 2.73. The molecule has 0 aliphatic heterocycles. The quantitative estimate of drug-likeness (QED) is 0.478. The number of aliphatic imine (C=N–C) groups is 1. The molecule has 5 nitrogen and oxygen atoms in total. The van der Waals surface area contributed by atoms with Crippen LogP contribution < -0.4 is 0 Å². The molecule has 0 N–H and O–H groups in total. The topological polar surface area (TPSA) is 64.4 Å². The molecule has 27 heavy (non-hydrogen) atoms. The maximum Gasteiger partial charge on any atom is 0.331 e. The van der Waals surface area contributed by atoms with Crippen molar-refractivity contribution in [2.75, 3.05) is 6.61 Å². The Kier molecular flexibility index (Phi) is 6.41. The van der Waals surface area contributed by atoms with E-state index in [4.69, 9.17) is 9.73 Å². The lowest BCUT2D eigenvalue weighted by Crippen LogP contribution is -2.26. The molecule has 3 aromatic rings. The predicted molar refractivity (Wildman–Crippen MR) is 105 cm³/mol. The molecule has 5 heteroatoms. The monoisotopic (exact) mass is 359 g/mol. The number of nitrogens with zero attached hydrogens (tertiary/aromatic N) is 3. The van der Waals surface area contributed by atoms with Crippen LogP contribution in [-0.4, -0.2) is 34.5 Å². The molecule has 0 saturated carbocycles. The first kappa shape index (κ1) is 18.5. The third-order valence-electron chi connectivity index (χ3n) is 4.01. The number of carbonyl (C=O) groups excluding carboxylic acids is 1. The molecule has 136 valence electrons. The van der Waals surface area contributed by atoms with Crippen LogP contribution in [0, 0.1) is 0 Å². The fraction of sp³-hybridized carbons (Fsp3) is 0.182. The summed E-state index contributed by atoms with van der Waals surface area (Å²) in [5.41, 5.74) is 3.54. The highest BCUT2D eigenvalue weighted by molar-refractivity contribution is 6.13. The van der Waals surface area contributed by atoms with E-state index in [1.807, 2.05) is 66.7 Å². The first-order valence-corrected chi connectivity index (χ1v) is 8.88. The van der Waals surface area contributed by atoms with Gasteiger partial charge in [-0.1, -0.05) is 60.7 Å². The number of hydrogen-bond acceptors (Lipinski definition) is 5. The van der Waals surface area contributed by atoms with Gasteiger partial charge in [-0.15, -0.1) is 0 Å². The minimum absolute atomic E-state index is 0.311. The van der Waals surface area contributed by atoms with Crippen LogP contribution in [0.2, 0.25) is 0 Å². The molecular weight excluding hydrogens is 338 g/mol. The zero-order valence-electron chi connectivity index (χ0n) is 15.2. The van der Waals surface area contributed by atoms with Crippen LogP contribution in [0.4, 0.5) is 0 Å². The summed E-state index contributed by atoms with van der Waals surface area (Å²) in [7, 11) is 0. The van der Waals surface area contributed by atoms with Gasteiger partial charge in [0.1, 0.15) is 0 Å². The van der Waals surface area contributed by atoms with E-state index in [0.29, 0.717) is 13.0 Å². The van der Waals surface area contributed by atoms with Crippen molar-refractivity contribution >= 4 is 11.7 Å². The zero-order chi connectivity index (χ0) is 18.9. The van der Waals surface area contributed by atoms with E-state index in [9.17, 15) is 4.79 Å². The highest BCUT2D eigenvalue weighted by atomic mass is 16.5. The molecule has 1 unspecified atom stereocenters. The molecular formula is C22H21N3O2. The minimum Gasteiger partial charge on any atom is -0.464 e. The molecule has 0 amide bonds. The maximum atomic E-state index is 12.6. The Labute approximate surface area is 158 Å². The largest absolute Gasteiger partial charge is 0.464 e. The van der Waals surface area contributed by atoms with Gasteiger partial charge in [-0.2, -0.15) is 10.2 Å². The summed E-state index contributed by atoms with van der Waals surface area (Å²) in [6.45, 7) is 2.10. The van der Waals surface area contributed by atoms with E-state index in [1.165, 1.54) is 0 Å². The number of ether oxygens (including phenoxy) is 1. The Balaban J connectivity index is 2.03. The third kappa shape index (κ3) is 5.07.